The summed E-state index contributed by atoms with van der Waals surface area (Å²) in [6.45, 7) is 8.07. The highest BCUT2D eigenvalue weighted by molar-refractivity contribution is 5.18. The van der Waals surface area contributed by atoms with Gasteiger partial charge in [-0.2, -0.15) is 0 Å². The minimum Gasteiger partial charge on any atom is -0.475 e. The van der Waals surface area contributed by atoms with E-state index in [9.17, 15) is 0 Å². The first-order chi connectivity index (χ1) is 8.65. The molecule has 0 saturated carbocycles. The number of ether oxygens (including phenoxy) is 2. The SMILES string of the molecule is CC(C)Oc1cc(OC2CNCCC2C)ncn1. The third kappa shape index (κ3) is 3.57. The largest absolute Gasteiger partial charge is 0.475 e. The Kier molecular flexibility index (Phi) is 4.36. The molecule has 0 aliphatic carbocycles. The summed E-state index contributed by atoms with van der Waals surface area (Å²) >= 11 is 0. The zero-order valence-corrected chi connectivity index (χ0v) is 11.2. The van der Waals surface area contributed by atoms with E-state index in [2.05, 4.69) is 22.2 Å². The average molecular weight is 251 g/mol. The molecule has 2 atom stereocenters. The molecule has 0 spiro atoms. The molecular formula is C13H21N3O2. The number of aromatic nitrogens is 2. The molecule has 1 aliphatic rings. The Hall–Kier alpha value is -1.36. The summed E-state index contributed by atoms with van der Waals surface area (Å²) in [5.74, 6) is 1.68. The monoisotopic (exact) mass is 251 g/mol. The van der Waals surface area contributed by atoms with Crippen LogP contribution in [0.25, 0.3) is 0 Å². The van der Waals surface area contributed by atoms with Gasteiger partial charge in [-0.3, -0.25) is 0 Å². The van der Waals surface area contributed by atoms with Crippen molar-refractivity contribution in [3.05, 3.63) is 12.4 Å². The van der Waals surface area contributed by atoms with Crippen LogP contribution in [0.1, 0.15) is 27.2 Å². The molecule has 2 rings (SSSR count). The van der Waals surface area contributed by atoms with Gasteiger partial charge in [0.25, 0.3) is 0 Å². The summed E-state index contributed by atoms with van der Waals surface area (Å²) in [5.41, 5.74) is 0. The van der Waals surface area contributed by atoms with Crippen LogP contribution in [-0.4, -0.2) is 35.3 Å². The van der Waals surface area contributed by atoms with E-state index in [0.29, 0.717) is 17.7 Å². The Bertz CT molecular complexity index is 384. The van der Waals surface area contributed by atoms with Crippen LogP contribution in [-0.2, 0) is 0 Å². The van der Waals surface area contributed by atoms with Gasteiger partial charge in [0.05, 0.1) is 12.2 Å². The molecule has 2 heterocycles. The van der Waals surface area contributed by atoms with Gasteiger partial charge >= 0.3 is 0 Å². The quantitative estimate of drug-likeness (QED) is 0.881. The van der Waals surface area contributed by atoms with E-state index in [1.165, 1.54) is 6.33 Å². The Morgan fingerprint density at radius 2 is 2.11 bits per heavy atom. The molecule has 1 aliphatic heterocycles. The van der Waals surface area contributed by atoms with Crippen molar-refractivity contribution in [2.75, 3.05) is 13.1 Å². The summed E-state index contributed by atoms with van der Waals surface area (Å²) in [4.78, 5) is 8.20. The fourth-order valence-electron chi connectivity index (χ4n) is 1.97. The summed E-state index contributed by atoms with van der Waals surface area (Å²) in [7, 11) is 0. The molecule has 100 valence electrons. The topological polar surface area (TPSA) is 56.3 Å². The van der Waals surface area contributed by atoms with Gasteiger partial charge in [-0.25, -0.2) is 9.97 Å². The summed E-state index contributed by atoms with van der Waals surface area (Å²) in [6, 6.07) is 1.75. The van der Waals surface area contributed by atoms with Crippen LogP contribution in [0.3, 0.4) is 0 Å². The van der Waals surface area contributed by atoms with Crippen molar-refractivity contribution < 1.29 is 9.47 Å². The van der Waals surface area contributed by atoms with Crippen molar-refractivity contribution in [1.82, 2.24) is 15.3 Å². The van der Waals surface area contributed by atoms with Gasteiger partial charge in [-0.1, -0.05) is 6.92 Å². The molecule has 0 amide bonds. The van der Waals surface area contributed by atoms with Gasteiger partial charge in [-0.15, -0.1) is 0 Å². The van der Waals surface area contributed by atoms with Crippen LogP contribution in [0.2, 0.25) is 0 Å². The number of rotatable bonds is 4. The van der Waals surface area contributed by atoms with E-state index in [1.54, 1.807) is 6.07 Å². The van der Waals surface area contributed by atoms with Crippen molar-refractivity contribution in [1.29, 1.82) is 0 Å². The van der Waals surface area contributed by atoms with Gasteiger partial charge in [0.2, 0.25) is 11.8 Å². The molecule has 1 aromatic rings. The predicted molar refractivity (Wildman–Crippen MR) is 68.9 cm³/mol. The minimum absolute atomic E-state index is 0.100. The van der Waals surface area contributed by atoms with Crippen molar-refractivity contribution >= 4 is 0 Å². The number of hydrogen-bond donors (Lipinski definition) is 1. The lowest BCUT2D eigenvalue weighted by atomic mass is 9.97. The fourth-order valence-corrected chi connectivity index (χ4v) is 1.97. The zero-order chi connectivity index (χ0) is 13.0. The second kappa shape index (κ2) is 6.00. The number of nitrogens with zero attached hydrogens (tertiary/aromatic N) is 2. The summed E-state index contributed by atoms with van der Waals surface area (Å²) in [6.07, 6.45) is 2.88. The smallest absolute Gasteiger partial charge is 0.220 e. The lowest BCUT2D eigenvalue weighted by Gasteiger charge is -2.29. The molecule has 2 unspecified atom stereocenters. The van der Waals surface area contributed by atoms with Crippen molar-refractivity contribution in [2.45, 2.75) is 39.4 Å². The third-order valence-corrected chi connectivity index (χ3v) is 3.00. The van der Waals surface area contributed by atoms with E-state index < -0.39 is 0 Å². The highest BCUT2D eigenvalue weighted by Gasteiger charge is 2.23. The molecule has 0 aromatic carbocycles. The first kappa shape index (κ1) is 13.1. The van der Waals surface area contributed by atoms with E-state index >= 15 is 0 Å². The Morgan fingerprint density at radius 1 is 1.33 bits per heavy atom. The lowest BCUT2D eigenvalue weighted by molar-refractivity contribution is 0.108. The molecular weight excluding hydrogens is 230 g/mol. The Morgan fingerprint density at radius 3 is 2.83 bits per heavy atom. The van der Waals surface area contributed by atoms with Crippen molar-refractivity contribution in [3.8, 4) is 11.8 Å². The van der Waals surface area contributed by atoms with Crippen molar-refractivity contribution in [2.24, 2.45) is 5.92 Å². The number of piperidine rings is 1. The maximum Gasteiger partial charge on any atom is 0.220 e. The second-order valence-electron chi connectivity index (χ2n) is 4.99. The fraction of sp³-hybridized carbons (Fsp3) is 0.692. The van der Waals surface area contributed by atoms with Gasteiger partial charge in [-0.05, 0) is 32.7 Å². The zero-order valence-electron chi connectivity index (χ0n) is 11.2. The van der Waals surface area contributed by atoms with Crippen LogP contribution in [0.5, 0.6) is 11.8 Å². The van der Waals surface area contributed by atoms with Crippen LogP contribution >= 0.6 is 0 Å². The molecule has 1 N–H and O–H groups in total. The summed E-state index contributed by atoms with van der Waals surface area (Å²) < 4.78 is 11.4. The summed E-state index contributed by atoms with van der Waals surface area (Å²) in [5, 5.41) is 3.33. The number of hydrogen-bond acceptors (Lipinski definition) is 5. The highest BCUT2D eigenvalue weighted by Crippen LogP contribution is 2.20. The average Bonchev–Trinajstić information content (AvgIpc) is 2.32. The van der Waals surface area contributed by atoms with E-state index in [-0.39, 0.29) is 12.2 Å². The van der Waals surface area contributed by atoms with Crippen LogP contribution in [0, 0.1) is 5.92 Å². The predicted octanol–water partition coefficient (Wildman–Crippen LogP) is 1.64. The molecule has 0 radical (unpaired) electrons. The van der Waals surface area contributed by atoms with Gasteiger partial charge < -0.3 is 14.8 Å². The normalized spacial score (nSPS) is 24.0. The van der Waals surface area contributed by atoms with Crippen molar-refractivity contribution in [3.63, 3.8) is 0 Å². The van der Waals surface area contributed by atoms with Crippen LogP contribution in [0.4, 0.5) is 0 Å². The van der Waals surface area contributed by atoms with Gasteiger partial charge in [0, 0.05) is 6.54 Å². The molecule has 18 heavy (non-hydrogen) atoms. The van der Waals surface area contributed by atoms with E-state index in [4.69, 9.17) is 9.47 Å². The molecule has 0 bridgehead atoms. The molecule has 5 heteroatoms. The standard InChI is InChI=1S/C13H21N3O2/c1-9(2)17-12-6-13(16-8-15-12)18-11-7-14-5-4-10(11)3/h6,8-11,14H,4-5,7H2,1-3H3. The molecule has 5 nitrogen and oxygen atoms in total. The lowest BCUT2D eigenvalue weighted by Crippen LogP contribution is -2.42. The molecule has 1 saturated heterocycles. The van der Waals surface area contributed by atoms with E-state index in [0.717, 1.165) is 19.5 Å². The maximum atomic E-state index is 5.90. The number of nitrogens with one attached hydrogen (secondary N) is 1. The molecule has 1 fully saturated rings. The van der Waals surface area contributed by atoms with Crippen LogP contribution in [0.15, 0.2) is 12.4 Å². The maximum absolute atomic E-state index is 5.90. The first-order valence-corrected chi connectivity index (χ1v) is 6.51. The Balaban J connectivity index is 1.99. The van der Waals surface area contributed by atoms with Gasteiger partial charge in [0.15, 0.2) is 0 Å². The van der Waals surface area contributed by atoms with E-state index in [1.807, 2.05) is 13.8 Å². The third-order valence-electron chi connectivity index (χ3n) is 3.00. The Labute approximate surface area is 108 Å². The first-order valence-electron chi connectivity index (χ1n) is 6.51. The van der Waals surface area contributed by atoms with Gasteiger partial charge in [0.1, 0.15) is 12.4 Å². The van der Waals surface area contributed by atoms with Crippen LogP contribution < -0.4 is 14.8 Å². The second-order valence-corrected chi connectivity index (χ2v) is 4.99. The molecule has 1 aromatic heterocycles. The highest BCUT2D eigenvalue weighted by atomic mass is 16.5. The minimum atomic E-state index is 0.100.